The number of hydrogen-bond acceptors (Lipinski definition) is 6. The van der Waals surface area contributed by atoms with Gasteiger partial charge in [0, 0.05) is 49.9 Å². The number of carbonyl (C=O) groups excluding carboxylic acids is 1. The fraction of sp³-hybridized carbons (Fsp3) is 0.450. The molecule has 6 nitrogen and oxygen atoms in total. The maximum atomic E-state index is 13.1. The van der Waals surface area contributed by atoms with E-state index in [9.17, 15) is 17.6 Å². The van der Waals surface area contributed by atoms with Gasteiger partial charge in [-0.15, -0.1) is 11.3 Å². The first kappa shape index (κ1) is 21.6. The number of sulfonamides is 1. The number of benzene rings is 1. The molecule has 2 aromatic rings. The van der Waals surface area contributed by atoms with Gasteiger partial charge < -0.3 is 10.2 Å². The molecule has 0 spiro atoms. The van der Waals surface area contributed by atoms with E-state index >= 15 is 0 Å². The summed E-state index contributed by atoms with van der Waals surface area (Å²) in [5, 5.41) is 4.58. The monoisotopic (exact) mass is 469 g/mol. The van der Waals surface area contributed by atoms with E-state index in [2.05, 4.69) is 10.2 Å². The van der Waals surface area contributed by atoms with Crippen molar-refractivity contribution < 1.29 is 17.6 Å². The van der Waals surface area contributed by atoms with Gasteiger partial charge in [0.05, 0.1) is 0 Å². The predicted octanol–water partition coefficient (Wildman–Crippen LogP) is 2.88. The second kappa shape index (κ2) is 9.25. The van der Waals surface area contributed by atoms with Gasteiger partial charge >= 0.3 is 0 Å². The zero-order chi connectivity index (χ0) is 21.1. The summed E-state index contributed by atoms with van der Waals surface area (Å²) < 4.78 is 40.5. The average Bonchev–Trinajstić information content (AvgIpc) is 3.43. The minimum absolute atomic E-state index is 0.108. The molecular weight excluding hydrogens is 445 g/mol. The molecule has 3 heterocycles. The van der Waals surface area contributed by atoms with Crippen LogP contribution in [0.15, 0.2) is 40.6 Å². The number of hydrogen-bond donors (Lipinski definition) is 1. The predicted molar refractivity (Wildman–Crippen MR) is 119 cm³/mol. The number of carbonyl (C=O) groups is 1. The Balaban J connectivity index is 1.36. The summed E-state index contributed by atoms with van der Waals surface area (Å²) in [6, 6.07) is 7.95. The molecule has 1 N–H and O–H groups in total. The Bertz CT molecular complexity index is 988. The van der Waals surface area contributed by atoms with Crippen LogP contribution >= 0.6 is 23.1 Å². The lowest BCUT2D eigenvalue weighted by Crippen LogP contribution is -2.38. The molecular formula is C20H24FN3O3S3. The van der Waals surface area contributed by atoms with Crippen LogP contribution in [0.4, 0.5) is 10.1 Å². The molecule has 4 rings (SSSR count). The van der Waals surface area contributed by atoms with Gasteiger partial charge in [-0.3, -0.25) is 4.79 Å². The lowest BCUT2D eigenvalue weighted by Gasteiger charge is -2.25. The minimum atomic E-state index is -3.65. The summed E-state index contributed by atoms with van der Waals surface area (Å²) in [5.41, 5.74) is 0.969. The molecule has 0 radical (unpaired) electrons. The number of thioether (sulfide) groups is 1. The number of nitrogens with one attached hydrogen (secondary N) is 1. The van der Waals surface area contributed by atoms with Crippen molar-refractivity contribution >= 4 is 44.7 Å². The molecule has 10 heteroatoms. The summed E-state index contributed by atoms with van der Waals surface area (Å²) in [5.74, 6) is 1.22. The lowest BCUT2D eigenvalue weighted by atomic mass is 10.1. The third-order valence-electron chi connectivity index (χ3n) is 5.45. The largest absolute Gasteiger partial charge is 0.371 e. The van der Waals surface area contributed by atoms with E-state index in [1.54, 1.807) is 29.3 Å². The number of nitrogens with zero attached hydrogens (tertiary/aromatic N) is 2. The highest BCUT2D eigenvalue weighted by Gasteiger charge is 2.31. The van der Waals surface area contributed by atoms with Crippen LogP contribution in [0.2, 0.25) is 0 Å². The first-order chi connectivity index (χ1) is 14.4. The Labute approximate surface area is 184 Å². The second-order valence-electron chi connectivity index (χ2n) is 7.42. The standard InChI is InChI=1S/C20H24FN3O3S3/c21-16-1-3-17(4-2-16)23-7-5-15(14-23)13-22-20(25)19-18(6-10-29-19)30(26,27)24-8-11-28-12-9-24/h1-4,6,10,15H,5,7-9,11-14H2,(H,22,25). The van der Waals surface area contributed by atoms with Crippen molar-refractivity contribution in [1.82, 2.24) is 9.62 Å². The first-order valence-electron chi connectivity index (χ1n) is 9.89. The Morgan fingerprint density at radius 2 is 1.87 bits per heavy atom. The molecule has 0 aliphatic carbocycles. The topological polar surface area (TPSA) is 69.7 Å². The van der Waals surface area contributed by atoms with E-state index in [0.717, 1.165) is 48.0 Å². The van der Waals surface area contributed by atoms with Crippen molar-refractivity contribution in [3.05, 3.63) is 46.4 Å². The van der Waals surface area contributed by atoms with E-state index in [-0.39, 0.29) is 27.4 Å². The van der Waals surface area contributed by atoms with E-state index in [1.807, 2.05) is 0 Å². The smallest absolute Gasteiger partial charge is 0.262 e. The van der Waals surface area contributed by atoms with Gasteiger partial charge in [-0.25, -0.2) is 12.8 Å². The molecule has 2 aliphatic rings. The van der Waals surface area contributed by atoms with Crippen molar-refractivity contribution in [3.8, 4) is 0 Å². The molecule has 1 atom stereocenters. The minimum Gasteiger partial charge on any atom is -0.371 e. The zero-order valence-electron chi connectivity index (χ0n) is 16.4. The Morgan fingerprint density at radius 3 is 2.60 bits per heavy atom. The van der Waals surface area contributed by atoms with Crippen molar-refractivity contribution in [1.29, 1.82) is 0 Å². The Kier molecular flexibility index (Phi) is 6.66. The van der Waals surface area contributed by atoms with Crippen LogP contribution in [-0.4, -0.2) is 62.9 Å². The highest BCUT2D eigenvalue weighted by Crippen LogP contribution is 2.28. The molecule has 0 saturated carbocycles. The van der Waals surface area contributed by atoms with E-state index in [4.69, 9.17) is 0 Å². The number of anilines is 1. The van der Waals surface area contributed by atoms with Gasteiger partial charge in [-0.05, 0) is 48.1 Å². The number of thiophene rings is 1. The van der Waals surface area contributed by atoms with Crippen molar-refractivity contribution in [2.45, 2.75) is 11.3 Å². The molecule has 30 heavy (non-hydrogen) atoms. The second-order valence-corrected chi connectivity index (χ2v) is 11.5. The first-order valence-corrected chi connectivity index (χ1v) is 13.4. The molecule has 1 amide bonds. The van der Waals surface area contributed by atoms with Gasteiger partial charge in [0.25, 0.3) is 5.91 Å². The van der Waals surface area contributed by atoms with Gasteiger partial charge in [0.1, 0.15) is 15.6 Å². The fourth-order valence-electron chi connectivity index (χ4n) is 3.80. The van der Waals surface area contributed by atoms with E-state index in [0.29, 0.717) is 19.6 Å². The van der Waals surface area contributed by atoms with Crippen LogP contribution in [0.1, 0.15) is 16.1 Å². The van der Waals surface area contributed by atoms with Gasteiger partial charge in [-0.1, -0.05) is 0 Å². The quantitative estimate of drug-likeness (QED) is 0.705. The van der Waals surface area contributed by atoms with Crippen LogP contribution < -0.4 is 10.2 Å². The average molecular weight is 470 g/mol. The summed E-state index contributed by atoms with van der Waals surface area (Å²) in [7, 11) is -3.65. The van der Waals surface area contributed by atoms with E-state index in [1.165, 1.54) is 22.5 Å². The van der Waals surface area contributed by atoms with Gasteiger partial charge in [-0.2, -0.15) is 16.1 Å². The van der Waals surface area contributed by atoms with Crippen LogP contribution in [0.3, 0.4) is 0 Å². The third kappa shape index (κ3) is 4.66. The molecule has 1 unspecified atom stereocenters. The maximum absolute atomic E-state index is 13.1. The maximum Gasteiger partial charge on any atom is 0.262 e. The fourth-order valence-corrected chi connectivity index (χ4v) is 7.69. The number of amides is 1. The Morgan fingerprint density at radius 1 is 1.13 bits per heavy atom. The zero-order valence-corrected chi connectivity index (χ0v) is 18.9. The molecule has 2 fully saturated rings. The number of rotatable bonds is 6. The molecule has 1 aromatic carbocycles. The van der Waals surface area contributed by atoms with Crippen molar-refractivity contribution in [3.63, 3.8) is 0 Å². The summed E-state index contributed by atoms with van der Waals surface area (Å²) >= 11 is 2.90. The molecule has 2 aliphatic heterocycles. The van der Waals surface area contributed by atoms with Gasteiger partial charge in [0.2, 0.25) is 10.0 Å². The molecule has 162 valence electrons. The summed E-state index contributed by atoms with van der Waals surface area (Å²) in [4.78, 5) is 15.3. The van der Waals surface area contributed by atoms with Crippen LogP contribution in [0.5, 0.6) is 0 Å². The summed E-state index contributed by atoms with van der Waals surface area (Å²) in [6.07, 6.45) is 0.915. The van der Waals surface area contributed by atoms with Crippen LogP contribution in [0.25, 0.3) is 0 Å². The summed E-state index contributed by atoms with van der Waals surface area (Å²) in [6.45, 7) is 3.05. The molecule has 2 saturated heterocycles. The molecule has 0 bridgehead atoms. The van der Waals surface area contributed by atoms with Crippen LogP contribution in [0, 0.1) is 11.7 Å². The normalized spacial score (nSPS) is 20.4. The Hall–Kier alpha value is -1.62. The number of halogens is 1. The SMILES string of the molecule is O=C(NCC1CCN(c2ccc(F)cc2)C1)c1sccc1S(=O)(=O)N1CCSCC1. The van der Waals surface area contributed by atoms with Crippen molar-refractivity contribution in [2.24, 2.45) is 5.92 Å². The van der Waals surface area contributed by atoms with E-state index < -0.39 is 10.0 Å². The lowest BCUT2D eigenvalue weighted by molar-refractivity contribution is 0.0949. The highest BCUT2D eigenvalue weighted by atomic mass is 32.2. The molecule has 1 aromatic heterocycles. The van der Waals surface area contributed by atoms with Gasteiger partial charge in [0.15, 0.2) is 0 Å². The highest BCUT2D eigenvalue weighted by molar-refractivity contribution is 7.99. The van der Waals surface area contributed by atoms with Crippen molar-refractivity contribution in [2.75, 3.05) is 49.1 Å². The third-order valence-corrected chi connectivity index (χ3v) is 9.38. The van der Waals surface area contributed by atoms with Crippen LogP contribution in [-0.2, 0) is 10.0 Å².